The summed E-state index contributed by atoms with van der Waals surface area (Å²) in [6, 6.07) is 6.99. The van der Waals surface area contributed by atoms with Crippen molar-refractivity contribution in [3.63, 3.8) is 0 Å². The fourth-order valence-corrected chi connectivity index (χ4v) is 6.65. The van der Waals surface area contributed by atoms with Gasteiger partial charge in [-0.15, -0.1) is 34.0 Å². The molecule has 0 aliphatic heterocycles. The van der Waals surface area contributed by atoms with Crippen LogP contribution in [0.3, 0.4) is 0 Å². The van der Waals surface area contributed by atoms with Crippen LogP contribution < -0.4 is 0 Å². The van der Waals surface area contributed by atoms with Gasteiger partial charge in [0.1, 0.15) is 0 Å². The molecular weight excluding hydrogens is 360 g/mol. The predicted octanol–water partition coefficient (Wildman–Crippen LogP) is 9.15. The van der Waals surface area contributed by atoms with Gasteiger partial charge in [-0.3, -0.25) is 0 Å². The number of hydrogen-bond acceptors (Lipinski definition) is 3. The molecule has 3 rings (SSSR count). The summed E-state index contributed by atoms with van der Waals surface area (Å²) in [7, 11) is 0. The Morgan fingerprint density at radius 1 is 0.720 bits per heavy atom. The number of rotatable bonds is 12. The molecule has 136 valence electrons. The van der Waals surface area contributed by atoms with Crippen molar-refractivity contribution >= 4 is 43.4 Å². The van der Waals surface area contributed by atoms with Gasteiger partial charge < -0.3 is 0 Å². The summed E-state index contributed by atoms with van der Waals surface area (Å²) in [5, 5.41) is 4.47. The molecule has 3 aromatic rings. The summed E-state index contributed by atoms with van der Waals surface area (Å²) in [4.78, 5) is 2.99. The zero-order valence-corrected chi connectivity index (χ0v) is 17.8. The Bertz CT molecular complexity index is 703. The molecule has 3 heterocycles. The Labute approximate surface area is 164 Å². The summed E-state index contributed by atoms with van der Waals surface area (Å²) in [5.74, 6) is 0. The predicted molar refractivity (Wildman–Crippen MR) is 119 cm³/mol. The van der Waals surface area contributed by atoms with Crippen molar-refractivity contribution in [2.75, 3.05) is 0 Å². The van der Waals surface area contributed by atoms with Crippen molar-refractivity contribution in [3.8, 4) is 9.75 Å². The van der Waals surface area contributed by atoms with Crippen LogP contribution in [0, 0.1) is 0 Å². The summed E-state index contributed by atoms with van der Waals surface area (Å²) in [5.41, 5.74) is 1.57. The molecule has 3 aromatic heterocycles. The van der Waals surface area contributed by atoms with Gasteiger partial charge in [-0.25, -0.2) is 0 Å². The molecule has 0 aliphatic carbocycles. The maximum Gasteiger partial charge on any atom is 0.0475 e. The lowest BCUT2D eigenvalue weighted by Gasteiger charge is -2.04. The Kier molecular flexibility index (Phi) is 8.03. The summed E-state index contributed by atoms with van der Waals surface area (Å²) >= 11 is 5.73. The summed E-state index contributed by atoms with van der Waals surface area (Å²) < 4.78 is 2.89. The van der Waals surface area contributed by atoms with Crippen LogP contribution in [0.5, 0.6) is 0 Å². The number of thiophene rings is 3. The quantitative estimate of drug-likeness (QED) is 0.270. The van der Waals surface area contributed by atoms with Gasteiger partial charge in [-0.2, -0.15) is 0 Å². The summed E-state index contributed by atoms with van der Waals surface area (Å²) in [6.45, 7) is 2.29. The Hall–Kier alpha value is -0.640. The van der Waals surface area contributed by atoms with Gasteiger partial charge in [0.15, 0.2) is 0 Å². The van der Waals surface area contributed by atoms with E-state index in [9.17, 15) is 0 Å². The van der Waals surface area contributed by atoms with Gasteiger partial charge >= 0.3 is 0 Å². The highest BCUT2D eigenvalue weighted by atomic mass is 32.1. The molecule has 0 N–H and O–H groups in total. The van der Waals surface area contributed by atoms with Gasteiger partial charge in [0.05, 0.1) is 0 Å². The van der Waals surface area contributed by atoms with Crippen LogP contribution in [0.1, 0.15) is 76.7 Å². The highest BCUT2D eigenvalue weighted by Gasteiger charge is 2.11. The third kappa shape index (κ3) is 5.67. The normalized spacial score (nSPS) is 11.6. The van der Waals surface area contributed by atoms with Crippen molar-refractivity contribution in [2.24, 2.45) is 0 Å². The van der Waals surface area contributed by atoms with Crippen LogP contribution in [0.15, 0.2) is 29.0 Å². The molecular formula is C22H30S3. The molecule has 0 unspecified atom stereocenters. The molecule has 25 heavy (non-hydrogen) atoms. The molecule has 3 heteroatoms. The molecule has 0 amide bonds. The first-order valence-electron chi connectivity index (χ1n) is 9.92. The zero-order chi connectivity index (χ0) is 17.3. The number of aryl methyl sites for hydroxylation is 1. The van der Waals surface area contributed by atoms with Crippen molar-refractivity contribution < 1.29 is 0 Å². The monoisotopic (exact) mass is 390 g/mol. The molecule has 0 saturated heterocycles. The second kappa shape index (κ2) is 10.5. The second-order valence-electron chi connectivity index (χ2n) is 6.97. The van der Waals surface area contributed by atoms with E-state index >= 15 is 0 Å². The molecule has 0 aliphatic rings. The third-order valence-electron chi connectivity index (χ3n) is 4.91. The molecule has 0 radical (unpaired) electrons. The largest absolute Gasteiger partial charge is 0.143 e. The molecule has 0 nitrogen and oxygen atoms in total. The summed E-state index contributed by atoms with van der Waals surface area (Å²) in [6.07, 6.45) is 15.4. The minimum Gasteiger partial charge on any atom is -0.143 e. The maximum atomic E-state index is 2.39. The van der Waals surface area contributed by atoms with E-state index in [0.717, 1.165) is 0 Å². The minimum atomic E-state index is 1.25. The Morgan fingerprint density at radius 2 is 1.40 bits per heavy atom. The number of hydrogen-bond donors (Lipinski definition) is 0. The maximum absolute atomic E-state index is 2.39. The first kappa shape index (κ1) is 19.1. The molecule has 0 saturated carbocycles. The Balaban J connectivity index is 1.36. The van der Waals surface area contributed by atoms with Crippen LogP contribution in [-0.4, -0.2) is 0 Å². The van der Waals surface area contributed by atoms with E-state index in [4.69, 9.17) is 0 Å². The number of unbranched alkanes of at least 4 members (excludes halogenated alkanes) is 9. The smallest absolute Gasteiger partial charge is 0.0475 e. The third-order valence-corrected chi connectivity index (χ3v) is 8.14. The van der Waals surface area contributed by atoms with Crippen molar-refractivity contribution in [1.82, 2.24) is 0 Å². The van der Waals surface area contributed by atoms with E-state index in [1.54, 1.807) is 5.56 Å². The van der Waals surface area contributed by atoms with E-state index in [1.165, 1.54) is 89.8 Å². The van der Waals surface area contributed by atoms with E-state index in [1.807, 2.05) is 34.0 Å². The van der Waals surface area contributed by atoms with Crippen molar-refractivity contribution in [3.05, 3.63) is 34.5 Å². The molecule has 0 aromatic carbocycles. The average Bonchev–Trinajstić information content (AvgIpc) is 3.31. The highest BCUT2D eigenvalue weighted by molar-refractivity contribution is 7.30. The lowest BCUT2D eigenvalue weighted by Crippen LogP contribution is -1.86. The minimum absolute atomic E-state index is 1.25. The topological polar surface area (TPSA) is 0 Å². The number of fused-ring (bicyclic) bond motifs is 1. The van der Waals surface area contributed by atoms with Crippen LogP contribution >= 0.6 is 34.0 Å². The lowest BCUT2D eigenvalue weighted by atomic mass is 10.0. The van der Waals surface area contributed by atoms with Crippen LogP contribution in [0.4, 0.5) is 0 Å². The second-order valence-corrected chi connectivity index (χ2v) is 9.91. The zero-order valence-electron chi connectivity index (χ0n) is 15.4. The SMILES string of the molecule is CCCCCCCCCCCCc1ccsc1-c1cc2sccc2s1. The molecule has 0 atom stereocenters. The molecule has 0 bridgehead atoms. The standard InChI is InChI=1S/C22H30S3/c1-2-3-4-5-6-7-8-9-10-11-12-18-13-15-24-22(18)21-17-20-19(25-21)14-16-23-20/h13-17H,2-12H2,1H3. The highest BCUT2D eigenvalue weighted by Crippen LogP contribution is 2.40. The van der Waals surface area contributed by atoms with Gasteiger partial charge in [-0.05, 0) is 47.4 Å². The van der Waals surface area contributed by atoms with Gasteiger partial charge in [0, 0.05) is 19.2 Å². The van der Waals surface area contributed by atoms with Crippen LogP contribution in [-0.2, 0) is 6.42 Å². The van der Waals surface area contributed by atoms with E-state index in [-0.39, 0.29) is 0 Å². The first-order chi connectivity index (χ1) is 12.4. The molecule has 0 fully saturated rings. The fraction of sp³-hybridized carbons (Fsp3) is 0.545. The lowest BCUT2D eigenvalue weighted by molar-refractivity contribution is 0.556. The average molecular weight is 391 g/mol. The van der Waals surface area contributed by atoms with E-state index in [0.29, 0.717) is 0 Å². The first-order valence-corrected chi connectivity index (χ1v) is 12.5. The van der Waals surface area contributed by atoms with E-state index in [2.05, 4.69) is 35.9 Å². The van der Waals surface area contributed by atoms with Crippen molar-refractivity contribution in [2.45, 2.75) is 77.6 Å². The van der Waals surface area contributed by atoms with E-state index < -0.39 is 0 Å². The van der Waals surface area contributed by atoms with Crippen LogP contribution in [0.25, 0.3) is 19.2 Å². The molecule has 0 spiro atoms. The van der Waals surface area contributed by atoms with Gasteiger partial charge in [-0.1, -0.05) is 64.7 Å². The van der Waals surface area contributed by atoms with Crippen LogP contribution in [0.2, 0.25) is 0 Å². The van der Waals surface area contributed by atoms with Crippen molar-refractivity contribution in [1.29, 1.82) is 0 Å². The van der Waals surface area contributed by atoms with Gasteiger partial charge in [0.2, 0.25) is 0 Å². The fourth-order valence-electron chi connectivity index (χ4n) is 3.43. The van der Waals surface area contributed by atoms with Gasteiger partial charge in [0.25, 0.3) is 0 Å². The Morgan fingerprint density at radius 3 is 2.12 bits per heavy atom.